The van der Waals surface area contributed by atoms with Crippen LogP contribution in [0.5, 0.6) is 0 Å². The Kier molecular flexibility index (Phi) is 4.85. The van der Waals surface area contributed by atoms with Crippen molar-refractivity contribution in [2.45, 2.75) is 29.4 Å². The topological polar surface area (TPSA) is 60.9 Å². The van der Waals surface area contributed by atoms with Gasteiger partial charge < -0.3 is 5.11 Å². The van der Waals surface area contributed by atoms with Crippen molar-refractivity contribution in [3.05, 3.63) is 96.1 Å². The number of nitrogens with zero attached hydrogens (tertiary/aromatic N) is 2. The number of hydrogen-bond acceptors (Lipinski definition) is 4. The predicted molar refractivity (Wildman–Crippen MR) is 117 cm³/mol. The maximum absolute atomic E-state index is 13.5. The number of sulfonamides is 1. The van der Waals surface area contributed by atoms with E-state index in [1.807, 2.05) is 48.5 Å². The molecule has 0 amide bonds. The lowest BCUT2D eigenvalue weighted by Crippen LogP contribution is -2.68. The zero-order valence-electron chi connectivity index (χ0n) is 16.5. The molecule has 1 N–H and O–H groups in total. The van der Waals surface area contributed by atoms with Crippen molar-refractivity contribution in [3.8, 4) is 0 Å². The number of aliphatic hydroxyl groups is 1. The second-order valence-corrected chi connectivity index (χ2v) is 9.77. The Morgan fingerprint density at radius 1 is 0.867 bits per heavy atom. The molecule has 2 heterocycles. The molecule has 3 aromatic rings. The van der Waals surface area contributed by atoms with E-state index in [9.17, 15) is 13.5 Å². The number of aliphatic hydroxyl groups excluding tert-OH is 1. The van der Waals surface area contributed by atoms with E-state index in [0.29, 0.717) is 18.0 Å². The Labute approximate surface area is 177 Å². The van der Waals surface area contributed by atoms with Crippen molar-refractivity contribution in [2.24, 2.45) is 0 Å². The molecule has 0 radical (unpaired) electrons. The van der Waals surface area contributed by atoms with Gasteiger partial charge in [0.05, 0.1) is 23.7 Å². The van der Waals surface area contributed by atoms with E-state index >= 15 is 0 Å². The van der Waals surface area contributed by atoms with Crippen LogP contribution < -0.4 is 4.31 Å². The Bertz CT molecular complexity index is 1140. The number of likely N-dealkylation sites (tertiary alicyclic amines) is 1. The summed E-state index contributed by atoms with van der Waals surface area (Å²) in [5, 5.41) is 10.1. The van der Waals surface area contributed by atoms with E-state index in [0.717, 1.165) is 16.8 Å². The van der Waals surface area contributed by atoms with Crippen molar-refractivity contribution in [3.63, 3.8) is 0 Å². The Hall–Kier alpha value is -2.67. The zero-order chi connectivity index (χ0) is 20.7. The fourth-order valence-electron chi connectivity index (χ4n) is 4.91. The minimum atomic E-state index is -3.67. The van der Waals surface area contributed by atoms with Gasteiger partial charge in [-0.15, -0.1) is 0 Å². The highest BCUT2D eigenvalue weighted by atomic mass is 32.2. The molecule has 5 rings (SSSR count). The summed E-state index contributed by atoms with van der Waals surface area (Å²) < 4.78 is 28.5. The molecule has 3 atom stereocenters. The second-order valence-electron chi connectivity index (χ2n) is 7.91. The lowest BCUT2D eigenvalue weighted by Gasteiger charge is -2.59. The van der Waals surface area contributed by atoms with Gasteiger partial charge in [0.1, 0.15) is 0 Å². The van der Waals surface area contributed by atoms with Gasteiger partial charge in [0.25, 0.3) is 10.0 Å². The van der Waals surface area contributed by atoms with Crippen LogP contribution >= 0.6 is 0 Å². The molecule has 0 bridgehead atoms. The van der Waals surface area contributed by atoms with Crippen LogP contribution in [0.1, 0.15) is 17.0 Å². The molecule has 0 spiro atoms. The van der Waals surface area contributed by atoms with Crippen LogP contribution in [0.3, 0.4) is 0 Å². The first-order valence-corrected chi connectivity index (χ1v) is 11.6. The normalized spacial score (nSPS) is 23.4. The fourth-order valence-corrected chi connectivity index (χ4v) is 6.44. The van der Waals surface area contributed by atoms with Crippen molar-refractivity contribution in [1.82, 2.24) is 4.90 Å². The quantitative estimate of drug-likeness (QED) is 0.689. The van der Waals surface area contributed by atoms with Gasteiger partial charge in [-0.1, -0.05) is 66.7 Å². The molecule has 0 saturated carbocycles. The van der Waals surface area contributed by atoms with Crippen molar-refractivity contribution >= 4 is 15.7 Å². The van der Waals surface area contributed by atoms with Crippen LogP contribution in [0.15, 0.2) is 89.8 Å². The molecule has 6 heteroatoms. The standard InChI is InChI=1S/C24H24N2O3S/c27-17-23-24-20-13-7-8-14-21(20)26(30(28,29)19-11-5-2-6-12-19)16-22(24)25(23)15-18-9-3-1-4-10-18/h1-14,22-24,27H,15-17H2/t22-,23-,24+/m1/s1. The molecule has 0 aromatic heterocycles. The van der Waals surface area contributed by atoms with Gasteiger partial charge in [-0.2, -0.15) is 0 Å². The first-order chi connectivity index (χ1) is 14.6. The molecule has 5 nitrogen and oxygen atoms in total. The lowest BCUT2D eigenvalue weighted by molar-refractivity contribution is -0.0477. The molecular weight excluding hydrogens is 396 g/mol. The van der Waals surface area contributed by atoms with Crippen LogP contribution in [0.4, 0.5) is 5.69 Å². The van der Waals surface area contributed by atoms with Crippen LogP contribution in [-0.4, -0.2) is 43.7 Å². The van der Waals surface area contributed by atoms with Gasteiger partial charge in [-0.25, -0.2) is 8.42 Å². The number of hydrogen-bond donors (Lipinski definition) is 1. The van der Waals surface area contributed by atoms with E-state index in [1.165, 1.54) is 0 Å². The monoisotopic (exact) mass is 420 g/mol. The summed E-state index contributed by atoms with van der Waals surface area (Å²) in [5.74, 6) is 0.122. The number of para-hydroxylation sites is 1. The number of fused-ring (bicyclic) bond motifs is 3. The van der Waals surface area contributed by atoms with Gasteiger partial charge in [-0.05, 0) is 29.3 Å². The molecule has 2 aliphatic rings. The summed E-state index contributed by atoms with van der Waals surface area (Å²) in [6.07, 6.45) is 0. The smallest absolute Gasteiger partial charge is 0.264 e. The van der Waals surface area contributed by atoms with E-state index in [2.05, 4.69) is 17.0 Å². The van der Waals surface area contributed by atoms with E-state index < -0.39 is 10.0 Å². The lowest BCUT2D eigenvalue weighted by atomic mass is 9.72. The Morgan fingerprint density at radius 3 is 2.20 bits per heavy atom. The summed E-state index contributed by atoms with van der Waals surface area (Å²) in [6, 6.07) is 26.4. The van der Waals surface area contributed by atoms with Gasteiger partial charge in [0.15, 0.2) is 0 Å². The van der Waals surface area contributed by atoms with E-state index in [4.69, 9.17) is 0 Å². The molecule has 1 saturated heterocycles. The fraction of sp³-hybridized carbons (Fsp3) is 0.250. The van der Waals surface area contributed by atoms with E-state index in [1.54, 1.807) is 28.6 Å². The number of benzene rings is 3. The largest absolute Gasteiger partial charge is 0.395 e. The SMILES string of the molecule is O=S(=O)(c1ccccc1)N1C[C@@H]2[C@H](c3ccccc31)[C@@H](CO)N2Cc1ccccc1. The molecule has 30 heavy (non-hydrogen) atoms. The van der Waals surface area contributed by atoms with Crippen molar-refractivity contribution in [2.75, 3.05) is 17.5 Å². The molecule has 3 aromatic carbocycles. The number of anilines is 1. The van der Waals surface area contributed by atoms with Crippen LogP contribution in [0.2, 0.25) is 0 Å². The number of rotatable bonds is 5. The maximum atomic E-state index is 13.5. The zero-order valence-corrected chi connectivity index (χ0v) is 17.3. The Balaban J connectivity index is 1.54. The molecule has 0 unspecified atom stereocenters. The predicted octanol–water partition coefficient (Wildman–Crippen LogP) is 3.22. The maximum Gasteiger partial charge on any atom is 0.264 e. The Morgan fingerprint density at radius 2 is 1.50 bits per heavy atom. The summed E-state index contributed by atoms with van der Waals surface area (Å²) in [4.78, 5) is 2.54. The van der Waals surface area contributed by atoms with Crippen LogP contribution in [0, 0.1) is 0 Å². The third-order valence-electron chi connectivity index (χ3n) is 6.32. The highest BCUT2D eigenvalue weighted by Gasteiger charge is 2.53. The summed E-state index contributed by atoms with van der Waals surface area (Å²) >= 11 is 0. The molecular formula is C24H24N2O3S. The van der Waals surface area contributed by atoms with Gasteiger partial charge in [0.2, 0.25) is 0 Å². The minimum Gasteiger partial charge on any atom is -0.395 e. The molecule has 2 aliphatic heterocycles. The van der Waals surface area contributed by atoms with Crippen molar-refractivity contribution in [1.29, 1.82) is 0 Å². The van der Waals surface area contributed by atoms with Gasteiger partial charge >= 0.3 is 0 Å². The van der Waals surface area contributed by atoms with Crippen molar-refractivity contribution < 1.29 is 13.5 Å². The average Bonchev–Trinajstić information content (AvgIpc) is 2.78. The van der Waals surface area contributed by atoms with Gasteiger partial charge in [0, 0.05) is 24.5 Å². The second kappa shape index (κ2) is 7.54. The summed E-state index contributed by atoms with van der Waals surface area (Å²) in [7, 11) is -3.67. The van der Waals surface area contributed by atoms with Crippen LogP contribution in [-0.2, 0) is 16.6 Å². The van der Waals surface area contributed by atoms with Gasteiger partial charge in [-0.3, -0.25) is 9.21 Å². The van der Waals surface area contributed by atoms with E-state index in [-0.39, 0.29) is 24.6 Å². The third-order valence-corrected chi connectivity index (χ3v) is 8.12. The minimum absolute atomic E-state index is 0.0158. The highest BCUT2D eigenvalue weighted by molar-refractivity contribution is 7.92. The first-order valence-electron chi connectivity index (χ1n) is 10.2. The van der Waals surface area contributed by atoms with Crippen LogP contribution in [0.25, 0.3) is 0 Å². The first kappa shape index (κ1) is 19.3. The molecule has 154 valence electrons. The summed E-state index contributed by atoms with van der Waals surface area (Å²) in [5.41, 5.74) is 2.88. The molecule has 0 aliphatic carbocycles. The summed E-state index contributed by atoms with van der Waals surface area (Å²) in [6.45, 7) is 1.12. The average molecular weight is 421 g/mol. The molecule has 1 fully saturated rings. The third kappa shape index (κ3) is 3.03. The highest BCUT2D eigenvalue weighted by Crippen LogP contribution is 2.49.